The molecule has 1 nitrogen and oxygen atoms in total. The number of unbranched alkanes of at least 4 members (excludes halogenated alkanes) is 1. The van der Waals surface area contributed by atoms with Gasteiger partial charge in [-0.05, 0) is 38.3 Å². The second kappa shape index (κ2) is 6.01. The summed E-state index contributed by atoms with van der Waals surface area (Å²) >= 11 is 3.42. The zero-order valence-corrected chi connectivity index (χ0v) is 8.70. The molecule has 1 saturated carbocycles. The molecule has 1 aliphatic rings. The first-order chi connectivity index (χ1) is 5.43. The van der Waals surface area contributed by atoms with Crippen molar-refractivity contribution in [1.82, 2.24) is 5.32 Å². The van der Waals surface area contributed by atoms with Gasteiger partial charge in [0.25, 0.3) is 0 Å². The van der Waals surface area contributed by atoms with Crippen LogP contribution in [0.5, 0.6) is 0 Å². The quantitative estimate of drug-likeness (QED) is 0.513. The van der Waals surface area contributed by atoms with Crippen LogP contribution in [0.15, 0.2) is 0 Å². The molecule has 0 aromatic rings. The SMILES string of the molecule is BrCCCCNCCC1CC1. The van der Waals surface area contributed by atoms with Gasteiger partial charge in [0.2, 0.25) is 0 Å². The molecule has 0 aromatic carbocycles. The molecule has 66 valence electrons. The Labute approximate surface area is 78.1 Å². The second-order valence-electron chi connectivity index (χ2n) is 3.38. The van der Waals surface area contributed by atoms with Crippen LogP contribution in [0.1, 0.15) is 32.1 Å². The number of hydrogen-bond acceptors (Lipinski definition) is 1. The summed E-state index contributed by atoms with van der Waals surface area (Å²) in [6.07, 6.45) is 7.01. The van der Waals surface area contributed by atoms with Crippen molar-refractivity contribution in [3.05, 3.63) is 0 Å². The van der Waals surface area contributed by atoms with Gasteiger partial charge in [-0.2, -0.15) is 0 Å². The van der Waals surface area contributed by atoms with Crippen molar-refractivity contribution in [1.29, 1.82) is 0 Å². The van der Waals surface area contributed by atoms with E-state index in [-0.39, 0.29) is 0 Å². The van der Waals surface area contributed by atoms with Crippen LogP contribution in [0.4, 0.5) is 0 Å². The predicted octanol–water partition coefficient (Wildman–Crippen LogP) is 2.55. The van der Waals surface area contributed by atoms with Crippen LogP contribution < -0.4 is 5.32 Å². The van der Waals surface area contributed by atoms with E-state index >= 15 is 0 Å². The number of rotatable bonds is 7. The molecule has 0 amide bonds. The molecular weight excluding hydrogens is 202 g/mol. The molecule has 0 spiro atoms. The number of hydrogen-bond donors (Lipinski definition) is 1. The van der Waals surface area contributed by atoms with Crippen LogP contribution in [-0.4, -0.2) is 18.4 Å². The van der Waals surface area contributed by atoms with Gasteiger partial charge in [-0.1, -0.05) is 28.8 Å². The molecule has 1 rings (SSSR count). The molecule has 1 aliphatic carbocycles. The molecule has 0 aromatic heterocycles. The normalized spacial score (nSPS) is 17.2. The molecule has 2 heteroatoms. The van der Waals surface area contributed by atoms with Gasteiger partial charge in [0.05, 0.1) is 0 Å². The molecule has 11 heavy (non-hydrogen) atoms. The molecule has 1 N–H and O–H groups in total. The third kappa shape index (κ3) is 5.68. The maximum atomic E-state index is 3.47. The molecule has 0 saturated heterocycles. The van der Waals surface area contributed by atoms with Crippen molar-refractivity contribution >= 4 is 15.9 Å². The summed E-state index contributed by atoms with van der Waals surface area (Å²) in [5.41, 5.74) is 0. The van der Waals surface area contributed by atoms with E-state index < -0.39 is 0 Å². The van der Waals surface area contributed by atoms with Gasteiger partial charge in [0, 0.05) is 5.33 Å². The fraction of sp³-hybridized carbons (Fsp3) is 1.00. The highest BCUT2D eigenvalue weighted by Gasteiger charge is 2.19. The van der Waals surface area contributed by atoms with Gasteiger partial charge in [0.15, 0.2) is 0 Å². The second-order valence-corrected chi connectivity index (χ2v) is 4.17. The summed E-state index contributed by atoms with van der Waals surface area (Å²) in [6, 6.07) is 0. The third-order valence-electron chi connectivity index (χ3n) is 2.16. The Morgan fingerprint density at radius 2 is 2.00 bits per heavy atom. The van der Waals surface area contributed by atoms with E-state index in [0.717, 1.165) is 11.2 Å². The lowest BCUT2D eigenvalue weighted by Gasteiger charge is -2.01. The van der Waals surface area contributed by atoms with Gasteiger partial charge in [0.1, 0.15) is 0 Å². The van der Waals surface area contributed by atoms with E-state index in [1.807, 2.05) is 0 Å². The largest absolute Gasteiger partial charge is 0.317 e. The predicted molar refractivity (Wildman–Crippen MR) is 53.2 cm³/mol. The Balaban J connectivity index is 1.66. The van der Waals surface area contributed by atoms with E-state index in [0.29, 0.717) is 0 Å². The van der Waals surface area contributed by atoms with Gasteiger partial charge in [-0.15, -0.1) is 0 Å². The van der Waals surface area contributed by atoms with Crippen molar-refractivity contribution in [3.63, 3.8) is 0 Å². The summed E-state index contributed by atoms with van der Waals surface area (Å²) in [5, 5.41) is 4.62. The fourth-order valence-corrected chi connectivity index (χ4v) is 1.58. The first kappa shape index (κ1) is 9.53. The summed E-state index contributed by atoms with van der Waals surface area (Å²) < 4.78 is 0. The summed E-state index contributed by atoms with van der Waals surface area (Å²) in [7, 11) is 0. The maximum Gasteiger partial charge on any atom is 0.00317 e. The van der Waals surface area contributed by atoms with Crippen LogP contribution in [-0.2, 0) is 0 Å². The highest BCUT2D eigenvalue weighted by Crippen LogP contribution is 2.31. The van der Waals surface area contributed by atoms with Crippen molar-refractivity contribution in [3.8, 4) is 0 Å². The molecule has 1 fully saturated rings. The minimum Gasteiger partial charge on any atom is -0.317 e. The lowest BCUT2D eigenvalue weighted by molar-refractivity contribution is 0.593. The van der Waals surface area contributed by atoms with E-state index in [1.54, 1.807) is 0 Å². The highest BCUT2D eigenvalue weighted by molar-refractivity contribution is 9.09. The molecule has 0 radical (unpaired) electrons. The highest BCUT2D eigenvalue weighted by atomic mass is 79.9. The van der Waals surface area contributed by atoms with Crippen LogP contribution >= 0.6 is 15.9 Å². The Bertz CT molecular complexity index is 91.6. The smallest absolute Gasteiger partial charge is 0.00317 e. The summed E-state index contributed by atoms with van der Waals surface area (Å²) in [5.74, 6) is 1.08. The Kier molecular flexibility index (Phi) is 5.21. The lowest BCUT2D eigenvalue weighted by atomic mass is 10.3. The summed E-state index contributed by atoms with van der Waals surface area (Å²) in [6.45, 7) is 2.45. The van der Waals surface area contributed by atoms with Crippen molar-refractivity contribution < 1.29 is 0 Å². The van der Waals surface area contributed by atoms with E-state index in [4.69, 9.17) is 0 Å². The first-order valence-corrected chi connectivity index (χ1v) is 5.82. The van der Waals surface area contributed by atoms with Crippen LogP contribution in [0.3, 0.4) is 0 Å². The van der Waals surface area contributed by atoms with E-state index in [9.17, 15) is 0 Å². The van der Waals surface area contributed by atoms with Gasteiger partial charge < -0.3 is 5.32 Å². The van der Waals surface area contributed by atoms with Gasteiger partial charge >= 0.3 is 0 Å². The van der Waals surface area contributed by atoms with Crippen LogP contribution in [0.25, 0.3) is 0 Å². The maximum absolute atomic E-state index is 3.47. The van der Waals surface area contributed by atoms with Crippen molar-refractivity contribution in [2.24, 2.45) is 5.92 Å². The number of alkyl halides is 1. The standard InChI is InChI=1S/C9H18BrN/c10-6-1-2-7-11-8-5-9-3-4-9/h9,11H,1-8H2. The molecule has 0 bridgehead atoms. The minimum absolute atomic E-state index is 1.08. The lowest BCUT2D eigenvalue weighted by Crippen LogP contribution is -2.17. The van der Waals surface area contributed by atoms with Crippen molar-refractivity contribution in [2.45, 2.75) is 32.1 Å². The molecule has 0 unspecified atom stereocenters. The Morgan fingerprint density at radius 1 is 1.18 bits per heavy atom. The zero-order chi connectivity index (χ0) is 7.94. The van der Waals surface area contributed by atoms with E-state index in [1.165, 1.54) is 45.2 Å². The monoisotopic (exact) mass is 219 g/mol. The third-order valence-corrected chi connectivity index (χ3v) is 2.72. The Hall–Kier alpha value is 0.440. The molecular formula is C9H18BrN. The van der Waals surface area contributed by atoms with Crippen LogP contribution in [0.2, 0.25) is 0 Å². The Morgan fingerprint density at radius 3 is 2.64 bits per heavy atom. The van der Waals surface area contributed by atoms with E-state index in [2.05, 4.69) is 21.2 Å². The average molecular weight is 220 g/mol. The van der Waals surface area contributed by atoms with Gasteiger partial charge in [-0.3, -0.25) is 0 Å². The summed E-state index contributed by atoms with van der Waals surface area (Å²) in [4.78, 5) is 0. The fourth-order valence-electron chi connectivity index (χ4n) is 1.18. The number of nitrogens with one attached hydrogen (secondary N) is 1. The minimum atomic E-state index is 1.08. The first-order valence-electron chi connectivity index (χ1n) is 4.70. The van der Waals surface area contributed by atoms with Crippen molar-refractivity contribution in [2.75, 3.05) is 18.4 Å². The molecule has 0 atom stereocenters. The number of halogens is 1. The molecule has 0 aliphatic heterocycles. The zero-order valence-electron chi connectivity index (χ0n) is 7.11. The molecule has 0 heterocycles. The van der Waals surface area contributed by atoms with Crippen LogP contribution in [0, 0.1) is 5.92 Å². The average Bonchev–Trinajstić information content (AvgIpc) is 2.80. The van der Waals surface area contributed by atoms with Gasteiger partial charge in [-0.25, -0.2) is 0 Å². The topological polar surface area (TPSA) is 12.0 Å².